The minimum Gasteiger partial charge on any atom is -0.355 e. The van der Waals surface area contributed by atoms with Crippen LogP contribution in [0.1, 0.15) is 30.0 Å². The van der Waals surface area contributed by atoms with Crippen LogP contribution in [-0.4, -0.2) is 28.2 Å². The van der Waals surface area contributed by atoms with Crippen molar-refractivity contribution in [2.24, 2.45) is 0 Å². The molecule has 0 aliphatic carbocycles. The lowest BCUT2D eigenvalue weighted by Gasteiger charge is -2.34. The Morgan fingerprint density at radius 3 is 3.00 bits per heavy atom. The number of hydrogen-bond acceptors (Lipinski definition) is 5. The molecule has 1 saturated heterocycles. The second-order valence-electron chi connectivity index (χ2n) is 6.10. The Bertz CT molecular complexity index is 895. The molecule has 0 bridgehead atoms. The predicted octanol–water partition coefficient (Wildman–Crippen LogP) is 3.59. The van der Waals surface area contributed by atoms with Gasteiger partial charge >= 0.3 is 0 Å². The van der Waals surface area contributed by atoms with Gasteiger partial charge in [-0.15, -0.1) is 0 Å². The van der Waals surface area contributed by atoms with Gasteiger partial charge in [-0.2, -0.15) is 4.98 Å². The molecule has 1 aliphatic heterocycles. The van der Waals surface area contributed by atoms with E-state index in [0.29, 0.717) is 17.8 Å². The standard InChI is InChI=1S/C17H16F2N4O/c1-10-15-16(20-9-21-17(15)24-22-10)23-6-2-3-11(8-23)13-7-12(18)4-5-14(13)19/h4-5,7,9,11H,2-3,6,8H2,1H3/t11-/m0/s1. The SMILES string of the molecule is Cc1noc2ncnc(N3CCC[C@H](c4cc(F)ccc4F)C3)c12. The van der Waals surface area contributed by atoms with Gasteiger partial charge in [-0.25, -0.2) is 13.8 Å². The molecule has 5 nitrogen and oxygen atoms in total. The third kappa shape index (κ3) is 2.50. The van der Waals surface area contributed by atoms with Crippen molar-refractivity contribution in [2.45, 2.75) is 25.7 Å². The lowest BCUT2D eigenvalue weighted by Crippen LogP contribution is -2.35. The first kappa shape index (κ1) is 15.0. The number of rotatable bonds is 2. The Labute approximate surface area is 137 Å². The number of piperidine rings is 1. The molecule has 1 aromatic carbocycles. The fraction of sp³-hybridized carbons (Fsp3) is 0.353. The maximum absolute atomic E-state index is 14.1. The van der Waals surface area contributed by atoms with E-state index in [4.69, 9.17) is 4.52 Å². The van der Waals surface area contributed by atoms with Crippen LogP contribution in [0.2, 0.25) is 0 Å². The van der Waals surface area contributed by atoms with Crippen LogP contribution < -0.4 is 4.90 Å². The van der Waals surface area contributed by atoms with Crippen LogP contribution in [0.5, 0.6) is 0 Å². The second-order valence-corrected chi connectivity index (χ2v) is 6.10. The first-order valence-electron chi connectivity index (χ1n) is 7.90. The molecular formula is C17H16F2N4O. The van der Waals surface area contributed by atoms with Gasteiger partial charge in [0.05, 0.1) is 5.69 Å². The lowest BCUT2D eigenvalue weighted by atomic mass is 9.90. The first-order valence-corrected chi connectivity index (χ1v) is 7.90. The van der Waals surface area contributed by atoms with Gasteiger partial charge in [-0.3, -0.25) is 0 Å². The van der Waals surface area contributed by atoms with Crippen molar-refractivity contribution in [2.75, 3.05) is 18.0 Å². The van der Waals surface area contributed by atoms with Crippen LogP contribution in [0.15, 0.2) is 29.0 Å². The summed E-state index contributed by atoms with van der Waals surface area (Å²) in [5.74, 6) is -0.125. The number of hydrogen-bond donors (Lipinski definition) is 0. The fourth-order valence-electron chi connectivity index (χ4n) is 3.39. The van der Waals surface area contributed by atoms with E-state index in [2.05, 4.69) is 20.0 Å². The molecule has 2 aromatic heterocycles. The molecule has 0 saturated carbocycles. The molecule has 3 aromatic rings. The normalized spacial score (nSPS) is 18.3. The summed E-state index contributed by atoms with van der Waals surface area (Å²) >= 11 is 0. The number of benzene rings is 1. The van der Waals surface area contributed by atoms with Crippen LogP contribution in [0.4, 0.5) is 14.6 Å². The molecule has 0 spiro atoms. The van der Waals surface area contributed by atoms with E-state index < -0.39 is 5.82 Å². The van der Waals surface area contributed by atoms with Crippen LogP contribution in [0.3, 0.4) is 0 Å². The van der Waals surface area contributed by atoms with Crippen LogP contribution >= 0.6 is 0 Å². The van der Waals surface area contributed by atoms with Crippen molar-refractivity contribution in [3.05, 3.63) is 47.4 Å². The summed E-state index contributed by atoms with van der Waals surface area (Å²) in [4.78, 5) is 10.5. The monoisotopic (exact) mass is 330 g/mol. The third-order valence-electron chi connectivity index (χ3n) is 4.54. The Balaban J connectivity index is 1.70. The van der Waals surface area contributed by atoms with Crippen molar-refractivity contribution in [1.82, 2.24) is 15.1 Å². The predicted molar refractivity (Wildman–Crippen MR) is 84.9 cm³/mol. The number of aryl methyl sites for hydroxylation is 1. The van der Waals surface area contributed by atoms with Crippen LogP contribution in [-0.2, 0) is 0 Å². The van der Waals surface area contributed by atoms with Crippen LogP contribution in [0, 0.1) is 18.6 Å². The molecule has 1 atom stereocenters. The smallest absolute Gasteiger partial charge is 0.263 e. The fourth-order valence-corrected chi connectivity index (χ4v) is 3.39. The summed E-state index contributed by atoms with van der Waals surface area (Å²) in [6.45, 7) is 3.20. The Morgan fingerprint density at radius 2 is 2.12 bits per heavy atom. The van der Waals surface area contributed by atoms with Gasteiger partial charge in [0.15, 0.2) is 0 Å². The summed E-state index contributed by atoms with van der Waals surface area (Å²) in [6, 6.07) is 3.63. The molecule has 0 radical (unpaired) electrons. The number of anilines is 1. The van der Waals surface area contributed by atoms with Gasteiger partial charge in [0.1, 0.15) is 29.2 Å². The minimum absolute atomic E-state index is 0.0837. The molecular weight excluding hydrogens is 314 g/mol. The van der Waals surface area contributed by atoms with E-state index in [0.717, 1.165) is 42.4 Å². The van der Waals surface area contributed by atoms with Gasteiger partial charge in [-0.05, 0) is 43.5 Å². The van der Waals surface area contributed by atoms with Crippen molar-refractivity contribution in [3.63, 3.8) is 0 Å². The van der Waals surface area contributed by atoms with E-state index in [9.17, 15) is 8.78 Å². The summed E-state index contributed by atoms with van der Waals surface area (Å²) in [7, 11) is 0. The Kier molecular flexibility index (Phi) is 3.63. The average molecular weight is 330 g/mol. The Hall–Kier alpha value is -2.57. The third-order valence-corrected chi connectivity index (χ3v) is 4.54. The molecule has 1 aliphatic rings. The van der Waals surface area contributed by atoms with E-state index in [1.54, 1.807) is 0 Å². The number of fused-ring (bicyclic) bond motifs is 1. The average Bonchev–Trinajstić information content (AvgIpc) is 2.99. The molecule has 0 amide bonds. The van der Waals surface area contributed by atoms with E-state index in [1.165, 1.54) is 18.5 Å². The topological polar surface area (TPSA) is 55.1 Å². The van der Waals surface area contributed by atoms with Crippen molar-refractivity contribution >= 4 is 16.9 Å². The van der Waals surface area contributed by atoms with Crippen molar-refractivity contribution in [1.29, 1.82) is 0 Å². The van der Waals surface area contributed by atoms with E-state index in [-0.39, 0.29) is 11.7 Å². The lowest BCUT2D eigenvalue weighted by molar-refractivity contribution is 0.442. The molecule has 0 unspecified atom stereocenters. The van der Waals surface area contributed by atoms with Gasteiger partial charge in [0.25, 0.3) is 5.71 Å². The molecule has 3 heterocycles. The maximum Gasteiger partial charge on any atom is 0.263 e. The molecule has 24 heavy (non-hydrogen) atoms. The maximum atomic E-state index is 14.1. The molecule has 124 valence electrons. The second kappa shape index (κ2) is 5.81. The van der Waals surface area contributed by atoms with Gasteiger partial charge in [-0.1, -0.05) is 5.16 Å². The zero-order valence-corrected chi connectivity index (χ0v) is 13.2. The molecule has 7 heteroatoms. The Morgan fingerprint density at radius 1 is 1.25 bits per heavy atom. The van der Waals surface area contributed by atoms with Gasteiger partial charge in [0.2, 0.25) is 0 Å². The molecule has 4 rings (SSSR count). The summed E-state index contributed by atoms with van der Waals surface area (Å²) in [5, 5.41) is 4.72. The quantitative estimate of drug-likeness (QED) is 0.719. The van der Waals surface area contributed by atoms with Gasteiger partial charge < -0.3 is 9.42 Å². The van der Waals surface area contributed by atoms with Crippen molar-refractivity contribution in [3.8, 4) is 0 Å². The largest absolute Gasteiger partial charge is 0.355 e. The van der Waals surface area contributed by atoms with Gasteiger partial charge in [0, 0.05) is 19.0 Å². The highest BCUT2D eigenvalue weighted by Crippen LogP contribution is 2.34. The number of aromatic nitrogens is 3. The highest BCUT2D eigenvalue weighted by Gasteiger charge is 2.27. The molecule has 1 fully saturated rings. The number of nitrogens with zero attached hydrogens (tertiary/aromatic N) is 4. The highest BCUT2D eigenvalue weighted by molar-refractivity contribution is 5.87. The van der Waals surface area contributed by atoms with Crippen LogP contribution in [0.25, 0.3) is 11.1 Å². The van der Waals surface area contributed by atoms with E-state index >= 15 is 0 Å². The summed E-state index contributed by atoms with van der Waals surface area (Å²) in [5.41, 5.74) is 1.59. The van der Waals surface area contributed by atoms with Crippen molar-refractivity contribution < 1.29 is 13.3 Å². The zero-order chi connectivity index (χ0) is 16.7. The molecule has 0 N–H and O–H groups in total. The summed E-state index contributed by atoms with van der Waals surface area (Å²) in [6.07, 6.45) is 3.12. The number of halogens is 2. The van der Waals surface area contributed by atoms with E-state index in [1.807, 2.05) is 6.92 Å². The highest BCUT2D eigenvalue weighted by atomic mass is 19.1. The minimum atomic E-state index is -0.414. The summed E-state index contributed by atoms with van der Waals surface area (Å²) < 4.78 is 32.8. The zero-order valence-electron chi connectivity index (χ0n) is 13.2. The first-order chi connectivity index (χ1) is 11.6.